The van der Waals surface area contributed by atoms with Crippen molar-refractivity contribution in [2.45, 2.75) is 0 Å². The zero-order chi connectivity index (χ0) is 17.8. The third kappa shape index (κ3) is 5.05. The molecular formula is C18H11I2NO4. The lowest BCUT2D eigenvalue weighted by Crippen LogP contribution is -1.93. The Bertz CT molecular complexity index is 830. The summed E-state index contributed by atoms with van der Waals surface area (Å²) >= 11 is 4.39. The lowest BCUT2D eigenvalue weighted by Gasteiger charge is -2.10. The van der Waals surface area contributed by atoms with Gasteiger partial charge in [-0.3, -0.25) is 10.1 Å². The van der Waals surface area contributed by atoms with Crippen LogP contribution in [0, 0.1) is 17.3 Å². The van der Waals surface area contributed by atoms with Gasteiger partial charge in [0, 0.05) is 13.2 Å². The van der Waals surface area contributed by atoms with E-state index in [1.807, 2.05) is 24.3 Å². The molecule has 0 saturated heterocycles. The zero-order valence-electron chi connectivity index (χ0n) is 12.7. The summed E-state index contributed by atoms with van der Waals surface area (Å²) in [6.45, 7) is 0. The Morgan fingerprint density at radius 3 is 1.44 bits per heavy atom. The molecule has 0 fully saturated rings. The average Bonchev–Trinajstić information content (AvgIpc) is 2.59. The number of nitro benzene ring substituents is 1. The molecule has 126 valence electrons. The van der Waals surface area contributed by atoms with Crippen molar-refractivity contribution in [1.82, 2.24) is 0 Å². The second-order valence-corrected chi connectivity index (χ2v) is 7.52. The monoisotopic (exact) mass is 559 g/mol. The van der Waals surface area contributed by atoms with Crippen LogP contribution in [0.1, 0.15) is 0 Å². The van der Waals surface area contributed by atoms with Crippen LogP contribution >= 0.6 is 45.2 Å². The molecule has 0 unspecified atom stereocenters. The maximum absolute atomic E-state index is 11.2. The number of non-ortho nitro benzene ring substituents is 1. The van der Waals surface area contributed by atoms with Gasteiger partial charge in [0.25, 0.3) is 5.69 Å². The number of rotatable bonds is 5. The molecule has 0 N–H and O–H groups in total. The van der Waals surface area contributed by atoms with Crippen LogP contribution in [0.2, 0.25) is 0 Å². The highest BCUT2D eigenvalue weighted by molar-refractivity contribution is 14.1. The van der Waals surface area contributed by atoms with Crippen molar-refractivity contribution in [3.05, 3.63) is 84.0 Å². The quantitative estimate of drug-likeness (QED) is 0.207. The fraction of sp³-hybridized carbons (Fsp3) is 0. The van der Waals surface area contributed by atoms with Crippen molar-refractivity contribution in [2.75, 3.05) is 0 Å². The van der Waals surface area contributed by atoms with Crippen molar-refractivity contribution in [2.24, 2.45) is 0 Å². The fourth-order valence-electron chi connectivity index (χ4n) is 2.06. The molecule has 0 heterocycles. The molecule has 25 heavy (non-hydrogen) atoms. The molecule has 3 aromatic carbocycles. The van der Waals surface area contributed by atoms with Crippen LogP contribution in [-0.2, 0) is 0 Å². The van der Waals surface area contributed by atoms with Crippen LogP contribution in [0.15, 0.2) is 66.7 Å². The Labute approximate surface area is 171 Å². The van der Waals surface area contributed by atoms with Crippen LogP contribution in [0.4, 0.5) is 5.69 Å². The third-order valence-electron chi connectivity index (χ3n) is 3.17. The molecule has 0 bridgehead atoms. The number of nitro groups is 1. The standard InChI is InChI=1S/C18H11I2NO4/c19-12-1-5-15(6-2-12)24-17-9-14(21(22)23)10-18(11-17)25-16-7-3-13(20)4-8-16/h1-11H. The third-order valence-corrected chi connectivity index (χ3v) is 4.61. The molecule has 0 aliphatic rings. The molecule has 3 rings (SSSR count). The summed E-state index contributed by atoms with van der Waals surface area (Å²) in [7, 11) is 0. The van der Waals surface area contributed by atoms with Crippen molar-refractivity contribution < 1.29 is 14.4 Å². The Kier molecular flexibility index (Phi) is 5.74. The maximum atomic E-state index is 11.2. The first-order chi connectivity index (χ1) is 12.0. The molecule has 0 radical (unpaired) electrons. The van der Waals surface area contributed by atoms with E-state index < -0.39 is 4.92 Å². The van der Waals surface area contributed by atoms with Crippen LogP contribution in [-0.4, -0.2) is 4.92 Å². The SMILES string of the molecule is O=[N+]([O-])c1cc(Oc2ccc(I)cc2)cc(Oc2ccc(I)cc2)c1. The molecule has 0 saturated carbocycles. The number of halogens is 2. The molecule has 5 nitrogen and oxygen atoms in total. The van der Waals surface area contributed by atoms with E-state index in [-0.39, 0.29) is 5.69 Å². The maximum Gasteiger partial charge on any atom is 0.276 e. The molecule has 0 aliphatic carbocycles. The van der Waals surface area contributed by atoms with E-state index >= 15 is 0 Å². The van der Waals surface area contributed by atoms with E-state index in [4.69, 9.17) is 9.47 Å². The predicted octanol–water partition coefficient (Wildman–Crippen LogP) is 6.39. The second kappa shape index (κ2) is 8.00. The minimum Gasteiger partial charge on any atom is -0.457 e. The summed E-state index contributed by atoms with van der Waals surface area (Å²) in [4.78, 5) is 10.7. The molecule has 0 spiro atoms. The van der Waals surface area contributed by atoms with Crippen LogP contribution in [0.3, 0.4) is 0 Å². The lowest BCUT2D eigenvalue weighted by molar-refractivity contribution is -0.385. The van der Waals surface area contributed by atoms with Gasteiger partial charge in [0.1, 0.15) is 23.0 Å². The normalized spacial score (nSPS) is 10.3. The number of benzene rings is 3. The topological polar surface area (TPSA) is 61.6 Å². The van der Waals surface area contributed by atoms with E-state index in [1.165, 1.54) is 12.1 Å². The van der Waals surface area contributed by atoms with E-state index in [0.717, 1.165) is 7.14 Å². The minimum atomic E-state index is -0.471. The summed E-state index contributed by atoms with van der Waals surface area (Å²) in [6.07, 6.45) is 0. The van der Waals surface area contributed by atoms with Gasteiger partial charge in [0.2, 0.25) is 0 Å². The van der Waals surface area contributed by atoms with Gasteiger partial charge in [0.15, 0.2) is 0 Å². The second-order valence-electron chi connectivity index (χ2n) is 5.03. The molecular weight excluding hydrogens is 548 g/mol. The summed E-state index contributed by atoms with van der Waals surface area (Å²) in [5, 5.41) is 11.2. The minimum absolute atomic E-state index is 0.0940. The van der Waals surface area contributed by atoms with E-state index in [0.29, 0.717) is 23.0 Å². The molecule has 0 amide bonds. The summed E-state index contributed by atoms with van der Waals surface area (Å²) in [6, 6.07) is 19.2. The van der Waals surface area contributed by atoms with E-state index in [9.17, 15) is 10.1 Å². The predicted molar refractivity (Wildman–Crippen MR) is 112 cm³/mol. The van der Waals surface area contributed by atoms with Crippen LogP contribution in [0.25, 0.3) is 0 Å². The number of nitrogens with zero attached hydrogens (tertiary/aromatic N) is 1. The Morgan fingerprint density at radius 2 is 1.08 bits per heavy atom. The van der Waals surface area contributed by atoms with Gasteiger partial charge in [-0.1, -0.05) is 0 Å². The smallest absolute Gasteiger partial charge is 0.276 e. The van der Waals surface area contributed by atoms with Gasteiger partial charge < -0.3 is 9.47 Å². The first-order valence-corrected chi connectivity index (χ1v) is 9.32. The van der Waals surface area contributed by atoms with Gasteiger partial charge >= 0.3 is 0 Å². The van der Waals surface area contributed by atoms with Gasteiger partial charge in [-0.25, -0.2) is 0 Å². The summed E-state index contributed by atoms with van der Waals surface area (Å²) in [5.41, 5.74) is -0.0940. The van der Waals surface area contributed by atoms with E-state index in [1.54, 1.807) is 30.3 Å². The Hall–Kier alpha value is -1.88. The largest absolute Gasteiger partial charge is 0.457 e. The number of ether oxygens (including phenoxy) is 2. The van der Waals surface area contributed by atoms with Crippen molar-refractivity contribution in [1.29, 1.82) is 0 Å². The molecule has 0 aromatic heterocycles. The van der Waals surface area contributed by atoms with E-state index in [2.05, 4.69) is 45.2 Å². The first-order valence-electron chi connectivity index (χ1n) is 7.16. The van der Waals surface area contributed by atoms with Crippen molar-refractivity contribution in [3.63, 3.8) is 0 Å². The summed E-state index contributed by atoms with van der Waals surface area (Å²) < 4.78 is 13.6. The highest BCUT2D eigenvalue weighted by Crippen LogP contribution is 2.33. The highest BCUT2D eigenvalue weighted by atomic mass is 127. The van der Waals surface area contributed by atoms with Gasteiger partial charge in [-0.15, -0.1) is 0 Å². The number of hydrogen-bond donors (Lipinski definition) is 0. The van der Waals surface area contributed by atoms with Crippen molar-refractivity contribution >= 4 is 50.9 Å². The molecule has 0 aliphatic heterocycles. The fourth-order valence-corrected chi connectivity index (χ4v) is 2.78. The molecule has 0 atom stereocenters. The summed E-state index contributed by atoms with van der Waals surface area (Å²) in [5.74, 6) is 1.88. The zero-order valence-corrected chi connectivity index (χ0v) is 17.0. The Balaban J connectivity index is 1.89. The van der Waals surface area contributed by atoms with Gasteiger partial charge in [0.05, 0.1) is 17.1 Å². The van der Waals surface area contributed by atoms with Crippen LogP contribution in [0.5, 0.6) is 23.0 Å². The average molecular weight is 559 g/mol. The van der Waals surface area contributed by atoms with Gasteiger partial charge in [-0.05, 0) is 93.7 Å². The Morgan fingerprint density at radius 1 is 0.680 bits per heavy atom. The molecule has 3 aromatic rings. The highest BCUT2D eigenvalue weighted by Gasteiger charge is 2.13. The first kappa shape index (κ1) is 17.9. The number of hydrogen-bond acceptors (Lipinski definition) is 4. The molecule has 7 heteroatoms. The van der Waals surface area contributed by atoms with Crippen molar-refractivity contribution in [3.8, 4) is 23.0 Å². The van der Waals surface area contributed by atoms with Gasteiger partial charge in [-0.2, -0.15) is 0 Å². The lowest BCUT2D eigenvalue weighted by atomic mass is 10.2. The van der Waals surface area contributed by atoms with Crippen LogP contribution < -0.4 is 9.47 Å².